The van der Waals surface area contributed by atoms with Gasteiger partial charge in [-0.3, -0.25) is 9.44 Å². The fourth-order valence-corrected chi connectivity index (χ4v) is 3.95. The van der Waals surface area contributed by atoms with E-state index in [4.69, 9.17) is 5.73 Å². The third-order valence-corrected chi connectivity index (χ3v) is 5.15. The molecule has 0 aliphatic heterocycles. The number of hydrogen-bond donors (Lipinski definition) is 3. The highest BCUT2D eigenvalue weighted by Crippen LogP contribution is 2.33. The van der Waals surface area contributed by atoms with Gasteiger partial charge in [0.05, 0.1) is 18.1 Å². The molecule has 0 fully saturated rings. The van der Waals surface area contributed by atoms with Crippen molar-refractivity contribution in [1.29, 1.82) is 0 Å². The third-order valence-electron chi connectivity index (χ3n) is 3.93. The molecule has 2 rings (SSSR count). The molecule has 147 valence electrons. The maximum Gasteiger partial charge on any atom is 0.229 e. The van der Waals surface area contributed by atoms with Crippen molar-refractivity contribution in [2.45, 2.75) is 18.9 Å². The van der Waals surface area contributed by atoms with Gasteiger partial charge in [-0.2, -0.15) is 0 Å². The van der Waals surface area contributed by atoms with E-state index in [1.807, 2.05) is 13.3 Å². The van der Waals surface area contributed by atoms with Crippen LogP contribution in [0.25, 0.3) is 0 Å². The number of rotatable bonds is 8. The van der Waals surface area contributed by atoms with Gasteiger partial charge in [0.25, 0.3) is 0 Å². The van der Waals surface area contributed by atoms with E-state index >= 15 is 0 Å². The topological polar surface area (TPSA) is 118 Å². The Bertz CT molecular complexity index is 906. The van der Waals surface area contributed by atoms with Crippen LogP contribution in [-0.4, -0.2) is 29.3 Å². The summed E-state index contributed by atoms with van der Waals surface area (Å²) in [4.78, 5) is 0. The largest absolute Gasteiger partial charge is 0.318 e. The maximum atomic E-state index is 11.3. The van der Waals surface area contributed by atoms with Crippen molar-refractivity contribution in [2.75, 3.05) is 22.0 Å². The molecule has 2 aromatic carbocycles. The van der Waals surface area contributed by atoms with Crippen LogP contribution in [0.4, 0.5) is 11.4 Å². The van der Waals surface area contributed by atoms with Crippen LogP contribution >= 0.6 is 0 Å². The molecule has 0 aliphatic carbocycles. The Kier molecular flexibility index (Phi) is 6.18. The average molecular weight is 411 g/mol. The second-order valence-electron chi connectivity index (χ2n) is 6.49. The molecule has 4 N–H and O–H groups in total. The summed E-state index contributed by atoms with van der Waals surface area (Å²) in [5.41, 5.74) is 8.39. The molecule has 9 heteroatoms. The standard InChI is InChI=1S/C18H24N3O4S2/c1-4-13-18(19,14-5-9-16(10-6-14)20-26(2,22)23)15-7-11-17(12-8-15)21-27(3,24)25/h4-12,20-21H,13,19H2,1-3H3. The van der Waals surface area contributed by atoms with Crippen LogP contribution in [0.5, 0.6) is 0 Å². The summed E-state index contributed by atoms with van der Waals surface area (Å²) in [7, 11) is -6.70. The lowest BCUT2D eigenvalue weighted by atomic mass is 9.80. The van der Waals surface area contributed by atoms with Crippen LogP contribution in [0, 0.1) is 6.42 Å². The van der Waals surface area contributed by atoms with Crippen molar-refractivity contribution < 1.29 is 16.8 Å². The molecule has 1 radical (unpaired) electrons. The lowest BCUT2D eigenvalue weighted by molar-refractivity contribution is 0.529. The van der Waals surface area contributed by atoms with Crippen molar-refractivity contribution in [2.24, 2.45) is 5.73 Å². The van der Waals surface area contributed by atoms with Gasteiger partial charge in [0.2, 0.25) is 20.0 Å². The summed E-state index contributed by atoms with van der Waals surface area (Å²) in [6.45, 7) is 1.90. The van der Waals surface area contributed by atoms with Crippen LogP contribution in [0.1, 0.15) is 24.5 Å². The van der Waals surface area contributed by atoms with Crippen molar-refractivity contribution >= 4 is 31.4 Å². The zero-order valence-corrected chi connectivity index (χ0v) is 17.1. The molecule has 0 unspecified atom stereocenters. The average Bonchev–Trinajstić information content (AvgIpc) is 2.53. The molecule has 7 nitrogen and oxygen atoms in total. The van der Waals surface area contributed by atoms with Gasteiger partial charge < -0.3 is 5.73 Å². The van der Waals surface area contributed by atoms with E-state index in [0.29, 0.717) is 17.8 Å². The molecule has 0 saturated heterocycles. The fraction of sp³-hybridized carbons (Fsp3) is 0.278. The quantitative estimate of drug-likeness (QED) is 0.617. The Morgan fingerprint density at radius 2 is 1.15 bits per heavy atom. The Morgan fingerprint density at radius 1 is 0.815 bits per heavy atom. The lowest BCUT2D eigenvalue weighted by Crippen LogP contribution is -2.38. The SMILES string of the molecule is C[CH]CC(N)(c1ccc(NS(C)(=O)=O)cc1)c1ccc(NS(C)(=O)=O)cc1. The number of hydrogen-bond acceptors (Lipinski definition) is 5. The molecule has 0 bridgehead atoms. The summed E-state index contributed by atoms with van der Waals surface area (Å²) in [6, 6.07) is 13.7. The van der Waals surface area contributed by atoms with E-state index in [9.17, 15) is 16.8 Å². The molecule has 27 heavy (non-hydrogen) atoms. The summed E-state index contributed by atoms with van der Waals surface area (Å²) in [6.07, 6.45) is 4.68. The van der Waals surface area contributed by atoms with E-state index in [2.05, 4.69) is 9.44 Å². The number of nitrogens with two attached hydrogens (primary N) is 1. The number of nitrogens with one attached hydrogen (secondary N) is 2. The molecule has 0 aliphatic rings. The van der Waals surface area contributed by atoms with Crippen LogP contribution in [0.15, 0.2) is 48.5 Å². The number of sulfonamides is 2. The molecule has 0 heterocycles. The van der Waals surface area contributed by atoms with Crippen LogP contribution in [-0.2, 0) is 25.6 Å². The minimum absolute atomic E-state index is 0.455. The summed E-state index contributed by atoms with van der Waals surface area (Å²) in [5.74, 6) is 0. The highest BCUT2D eigenvalue weighted by atomic mass is 32.2. The molecular formula is C18H24N3O4S2. The summed E-state index contributed by atoms with van der Waals surface area (Å²) < 4.78 is 50.2. The zero-order chi connectivity index (χ0) is 20.3. The Morgan fingerprint density at radius 3 is 1.41 bits per heavy atom. The zero-order valence-electron chi connectivity index (χ0n) is 15.4. The van der Waals surface area contributed by atoms with Gasteiger partial charge in [0, 0.05) is 11.4 Å². The number of benzene rings is 2. The Hall–Kier alpha value is -2.10. The van der Waals surface area contributed by atoms with Crippen molar-refractivity contribution in [3.8, 4) is 0 Å². The first-order valence-corrected chi connectivity index (χ1v) is 11.9. The highest BCUT2D eigenvalue weighted by Gasteiger charge is 2.28. The van der Waals surface area contributed by atoms with Crippen molar-refractivity contribution in [1.82, 2.24) is 0 Å². The van der Waals surface area contributed by atoms with Crippen molar-refractivity contribution in [3.63, 3.8) is 0 Å². The van der Waals surface area contributed by atoms with E-state index < -0.39 is 25.6 Å². The molecule has 0 aromatic heterocycles. The van der Waals surface area contributed by atoms with Gasteiger partial charge in [-0.25, -0.2) is 16.8 Å². The first kappa shape index (κ1) is 21.2. The molecule has 0 saturated carbocycles. The predicted molar refractivity (Wildman–Crippen MR) is 109 cm³/mol. The monoisotopic (exact) mass is 410 g/mol. The van der Waals surface area contributed by atoms with E-state index in [-0.39, 0.29) is 0 Å². The first-order valence-electron chi connectivity index (χ1n) is 8.16. The minimum atomic E-state index is -3.35. The number of anilines is 2. The van der Waals surface area contributed by atoms with E-state index in [1.54, 1.807) is 48.5 Å². The van der Waals surface area contributed by atoms with Gasteiger partial charge in [0.15, 0.2) is 0 Å². The second-order valence-corrected chi connectivity index (χ2v) is 9.98. The predicted octanol–water partition coefficient (Wildman–Crippen LogP) is 2.25. The molecule has 2 aromatic rings. The van der Waals surface area contributed by atoms with Crippen LogP contribution in [0.2, 0.25) is 0 Å². The minimum Gasteiger partial charge on any atom is -0.318 e. The lowest BCUT2D eigenvalue weighted by Gasteiger charge is -2.31. The van der Waals surface area contributed by atoms with Gasteiger partial charge >= 0.3 is 0 Å². The highest BCUT2D eigenvalue weighted by molar-refractivity contribution is 7.92. The molecule has 0 atom stereocenters. The Balaban J connectivity index is 2.36. The fourth-order valence-electron chi connectivity index (χ4n) is 2.82. The van der Waals surface area contributed by atoms with Gasteiger partial charge in [-0.05, 0) is 48.2 Å². The van der Waals surface area contributed by atoms with Gasteiger partial charge in [0.1, 0.15) is 0 Å². The molecule has 0 spiro atoms. The van der Waals surface area contributed by atoms with E-state index in [0.717, 1.165) is 23.6 Å². The van der Waals surface area contributed by atoms with Crippen LogP contribution < -0.4 is 15.2 Å². The third kappa shape index (κ3) is 5.95. The smallest absolute Gasteiger partial charge is 0.229 e. The Labute approximate surface area is 161 Å². The molecule has 0 amide bonds. The van der Waals surface area contributed by atoms with Gasteiger partial charge in [-0.1, -0.05) is 31.2 Å². The summed E-state index contributed by atoms with van der Waals surface area (Å²) in [5, 5.41) is 0. The maximum absolute atomic E-state index is 11.3. The summed E-state index contributed by atoms with van der Waals surface area (Å²) >= 11 is 0. The second kappa shape index (κ2) is 7.87. The molecular weight excluding hydrogens is 386 g/mol. The van der Waals surface area contributed by atoms with E-state index in [1.165, 1.54) is 0 Å². The van der Waals surface area contributed by atoms with Crippen molar-refractivity contribution in [3.05, 3.63) is 66.1 Å². The van der Waals surface area contributed by atoms with Crippen LogP contribution in [0.3, 0.4) is 0 Å². The van der Waals surface area contributed by atoms with Gasteiger partial charge in [-0.15, -0.1) is 0 Å². The normalized spacial score (nSPS) is 12.6. The first-order chi connectivity index (χ1) is 12.4.